The maximum Gasteiger partial charge on any atom is 0.138 e. The minimum atomic E-state index is -0.192. The topological polar surface area (TPSA) is 38.3 Å². The molecule has 0 spiro atoms. The lowest BCUT2D eigenvalue weighted by Crippen LogP contribution is -2.24. The molecule has 0 bridgehead atoms. The number of Topliss-reactive ketones (excluding diaryl/α,β-unsaturated/α-hetero) is 1. The lowest BCUT2D eigenvalue weighted by atomic mass is 9.96. The average molecular weight is 228 g/mol. The highest BCUT2D eigenvalue weighted by Crippen LogP contribution is 2.18. The number of carbonyl (C=O) groups is 1. The minimum Gasteiger partial charge on any atom is -0.305 e. The lowest BCUT2D eigenvalue weighted by molar-refractivity contribution is -0.118. The second-order valence-electron chi connectivity index (χ2n) is 3.27. The van der Waals surface area contributed by atoms with Gasteiger partial charge >= 0.3 is 0 Å². The van der Waals surface area contributed by atoms with E-state index >= 15 is 0 Å². The van der Waals surface area contributed by atoms with Crippen molar-refractivity contribution in [1.82, 2.24) is 5.48 Å². The number of carbonyl (C=O) groups excluding carboxylic acids is 1. The number of hydroxylamine groups is 1. The Kier molecular flexibility index (Phi) is 4.75. The van der Waals surface area contributed by atoms with E-state index in [1.54, 1.807) is 19.1 Å². The van der Waals surface area contributed by atoms with Crippen LogP contribution in [-0.2, 0) is 9.63 Å². The van der Waals surface area contributed by atoms with Crippen LogP contribution in [0.4, 0.5) is 0 Å². The molecule has 0 aliphatic carbocycles. The maximum atomic E-state index is 11.4. The maximum absolute atomic E-state index is 11.4. The van der Waals surface area contributed by atoms with Crippen molar-refractivity contribution in [3.8, 4) is 0 Å². The molecular formula is C11H14ClNO2. The molecule has 3 nitrogen and oxygen atoms in total. The highest BCUT2D eigenvalue weighted by atomic mass is 35.5. The van der Waals surface area contributed by atoms with Crippen molar-refractivity contribution in [1.29, 1.82) is 0 Å². The Hall–Kier alpha value is -0.900. The van der Waals surface area contributed by atoms with Crippen LogP contribution in [0.2, 0.25) is 5.02 Å². The van der Waals surface area contributed by atoms with Gasteiger partial charge in [-0.3, -0.25) is 4.79 Å². The molecule has 1 unspecified atom stereocenters. The van der Waals surface area contributed by atoms with Crippen LogP contribution in [0.15, 0.2) is 24.3 Å². The highest BCUT2D eigenvalue weighted by Gasteiger charge is 2.15. The Morgan fingerprint density at radius 3 is 2.53 bits per heavy atom. The van der Waals surface area contributed by atoms with E-state index in [1.807, 2.05) is 12.1 Å². The van der Waals surface area contributed by atoms with Gasteiger partial charge in [0.05, 0.1) is 13.0 Å². The number of hydrogen-bond donors (Lipinski definition) is 1. The Morgan fingerprint density at radius 2 is 2.07 bits per heavy atom. The molecule has 1 aromatic carbocycles. The molecule has 0 aliphatic heterocycles. The summed E-state index contributed by atoms with van der Waals surface area (Å²) in [5.41, 5.74) is 3.63. The number of halogens is 1. The van der Waals surface area contributed by atoms with E-state index in [1.165, 1.54) is 7.11 Å². The molecule has 1 rings (SSSR count). The summed E-state index contributed by atoms with van der Waals surface area (Å²) in [6, 6.07) is 7.26. The standard InChI is InChI=1S/C11H14ClNO2/c1-8(14)11(7-13-15-2)9-3-5-10(12)6-4-9/h3-6,11,13H,7H2,1-2H3. The Bertz CT molecular complexity index is 324. The average Bonchev–Trinajstić information content (AvgIpc) is 2.21. The predicted octanol–water partition coefficient (Wildman–Crippen LogP) is 2.16. The monoisotopic (exact) mass is 227 g/mol. The zero-order valence-corrected chi connectivity index (χ0v) is 9.54. The summed E-state index contributed by atoms with van der Waals surface area (Å²) < 4.78 is 0. The number of nitrogens with one attached hydrogen (secondary N) is 1. The van der Waals surface area contributed by atoms with Crippen LogP contribution in [0, 0.1) is 0 Å². The van der Waals surface area contributed by atoms with Crippen molar-refractivity contribution < 1.29 is 9.63 Å². The van der Waals surface area contributed by atoms with Crippen LogP contribution in [0.3, 0.4) is 0 Å². The van der Waals surface area contributed by atoms with Gasteiger partial charge in [0.15, 0.2) is 0 Å². The van der Waals surface area contributed by atoms with Crippen molar-refractivity contribution in [2.45, 2.75) is 12.8 Å². The third-order valence-corrected chi connectivity index (χ3v) is 2.45. The quantitative estimate of drug-likeness (QED) is 0.784. The Balaban J connectivity index is 2.79. The summed E-state index contributed by atoms with van der Waals surface area (Å²) in [6.07, 6.45) is 0. The molecule has 0 saturated carbocycles. The van der Waals surface area contributed by atoms with Crippen molar-refractivity contribution in [2.24, 2.45) is 0 Å². The second-order valence-corrected chi connectivity index (χ2v) is 3.70. The van der Waals surface area contributed by atoms with E-state index in [9.17, 15) is 4.79 Å². The molecule has 0 aliphatic rings. The zero-order chi connectivity index (χ0) is 11.3. The molecule has 1 atom stereocenters. The normalized spacial score (nSPS) is 12.5. The van der Waals surface area contributed by atoms with E-state index < -0.39 is 0 Å². The molecule has 82 valence electrons. The number of benzene rings is 1. The van der Waals surface area contributed by atoms with Crippen LogP contribution < -0.4 is 5.48 Å². The fraction of sp³-hybridized carbons (Fsp3) is 0.364. The van der Waals surface area contributed by atoms with Gasteiger partial charge in [0, 0.05) is 11.6 Å². The van der Waals surface area contributed by atoms with Gasteiger partial charge in [-0.1, -0.05) is 23.7 Å². The Morgan fingerprint density at radius 1 is 1.47 bits per heavy atom. The van der Waals surface area contributed by atoms with Gasteiger partial charge in [0.1, 0.15) is 5.78 Å². The van der Waals surface area contributed by atoms with Crippen LogP contribution in [0.25, 0.3) is 0 Å². The van der Waals surface area contributed by atoms with Crippen molar-refractivity contribution in [3.63, 3.8) is 0 Å². The molecule has 0 aromatic heterocycles. The van der Waals surface area contributed by atoms with Crippen LogP contribution in [-0.4, -0.2) is 19.4 Å². The SMILES string of the molecule is CONCC(C(C)=O)c1ccc(Cl)cc1. The molecule has 4 heteroatoms. The molecule has 0 heterocycles. The summed E-state index contributed by atoms with van der Waals surface area (Å²) in [6.45, 7) is 2.03. The minimum absolute atomic E-state index is 0.0990. The van der Waals surface area contributed by atoms with E-state index in [2.05, 4.69) is 5.48 Å². The van der Waals surface area contributed by atoms with Crippen molar-refractivity contribution >= 4 is 17.4 Å². The fourth-order valence-electron chi connectivity index (χ4n) is 1.36. The largest absolute Gasteiger partial charge is 0.305 e. The summed E-state index contributed by atoms with van der Waals surface area (Å²) in [5.74, 6) is -0.0934. The fourth-order valence-corrected chi connectivity index (χ4v) is 1.48. The molecule has 0 radical (unpaired) electrons. The van der Waals surface area contributed by atoms with Crippen molar-refractivity contribution in [3.05, 3.63) is 34.9 Å². The van der Waals surface area contributed by atoms with Crippen molar-refractivity contribution in [2.75, 3.05) is 13.7 Å². The first kappa shape index (κ1) is 12.2. The molecule has 0 amide bonds. The molecule has 1 aromatic rings. The molecule has 15 heavy (non-hydrogen) atoms. The molecule has 1 N–H and O–H groups in total. The van der Waals surface area contributed by atoms with Crippen LogP contribution in [0.1, 0.15) is 18.4 Å². The number of ketones is 1. The first-order valence-electron chi connectivity index (χ1n) is 4.67. The van der Waals surface area contributed by atoms with Crippen LogP contribution in [0.5, 0.6) is 0 Å². The smallest absolute Gasteiger partial charge is 0.138 e. The summed E-state index contributed by atoms with van der Waals surface area (Å²) >= 11 is 5.78. The van der Waals surface area contributed by atoms with Gasteiger partial charge in [-0.25, -0.2) is 5.48 Å². The number of rotatable bonds is 5. The van der Waals surface area contributed by atoms with Gasteiger partial charge in [0.2, 0.25) is 0 Å². The molecular weight excluding hydrogens is 214 g/mol. The first-order valence-corrected chi connectivity index (χ1v) is 5.04. The van der Waals surface area contributed by atoms with Gasteiger partial charge in [-0.2, -0.15) is 0 Å². The van der Waals surface area contributed by atoms with E-state index in [0.29, 0.717) is 11.6 Å². The van der Waals surface area contributed by atoms with Gasteiger partial charge in [0.25, 0.3) is 0 Å². The molecule has 0 fully saturated rings. The third-order valence-electron chi connectivity index (χ3n) is 2.19. The van der Waals surface area contributed by atoms with Gasteiger partial charge < -0.3 is 4.84 Å². The summed E-state index contributed by atoms with van der Waals surface area (Å²) in [7, 11) is 1.53. The zero-order valence-electron chi connectivity index (χ0n) is 8.79. The molecule has 0 saturated heterocycles. The van der Waals surface area contributed by atoms with Crippen LogP contribution >= 0.6 is 11.6 Å². The number of hydrogen-bond acceptors (Lipinski definition) is 3. The second kappa shape index (κ2) is 5.85. The highest BCUT2D eigenvalue weighted by molar-refractivity contribution is 6.30. The summed E-state index contributed by atoms with van der Waals surface area (Å²) in [4.78, 5) is 16.1. The van der Waals surface area contributed by atoms with E-state index in [0.717, 1.165) is 5.56 Å². The predicted molar refractivity (Wildman–Crippen MR) is 59.9 cm³/mol. The van der Waals surface area contributed by atoms with E-state index in [-0.39, 0.29) is 11.7 Å². The van der Waals surface area contributed by atoms with Gasteiger partial charge in [-0.15, -0.1) is 0 Å². The van der Waals surface area contributed by atoms with E-state index in [4.69, 9.17) is 16.4 Å². The summed E-state index contributed by atoms with van der Waals surface area (Å²) in [5, 5.41) is 0.667. The lowest BCUT2D eigenvalue weighted by Gasteiger charge is -2.14. The third kappa shape index (κ3) is 3.63. The first-order chi connectivity index (χ1) is 7.15. The van der Waals surface area contributed by atoms with Gasteiger partial charge in [-0.05, 0) is 24.6 Å². The Labute approximate surface area is 94.3 Å².